The lowest BCUT2D eigenvalue weighted by Crippen LogP contribution is -2.39. The lowest BCUT2D eigenvalue weighted by atomic mass is 10.2. The summed E-state index contributed by atoms with van der Waals surface area (Å²) >= 11 is 0. The largest absolute Gasteiger partial charge is 0.309 e. The van der Waals surface area contributed by atoms with Crippen molar-refractivity contribution >= 4 is 0 Å². The van der Waals surface area contributed by atoms with E-state index < -0.39 is 0 Å². The van der Waals surface area contributed by atoms with E-state index >= 15 is 0 Å². The Morgan fingerprint density at radius 1 is 0.737 bits per heavy atom. The van der Waals surface area contributed by atoms with Crippen LogP contribution in [0.1, 0.15) is 47.5 Å². The monoisotopic (exact) mass is 271 g/mol. The summed E-state index contributed by atoms with van der Waals surface area (Å²) in [5, 5.41) is 0. The second-order valence-electron chi connectivity index (χ2n) is 6.37. The normalized spacial score (nSPS) is 12.6. The average Bonchev–Trinajstić information content (AvgIpc) is 2.30. The van der Waals surface area contributed by atoms with Crippen LogP contribution in [0.15, 0.2) is 0 Å². The van der Waals surface area contributed by atoms with Crippen molar-refractivity contribution in [3.05, 3.63) is 0 Å². The maximum absolute atomic E-state index is 2.59. The van der Waals surface area contributed by atoms with Crippen LogP contribution in [-0.2, 0) is 0 Å². The molecule has 0 aromatic carbocycles. The molecular formula is C16H37N3. The second kappa shape index (κ2) is 10.6. The van der Waals surface area contributed by atoms with Crippen LogP contribution in [0.4, 0.5) is 0 Å². The van der Waals surface area contributed by atoms with Gasteiger partial charge in [0.25, 0.3) is 0 Å². The molecular weight excluding hydrogens is 234 g/mol. The summed E-state index contributed by atoms with van der Waals surface area (Å²) in [5.74, 6) is 0. The minimum atomic E-state index is 0.656. The molecule has 0 aliphatic rings. The van der Waals surface area contributed by atoms with Crippen molar-refractivity contribution in [1.29, 1.82) is 0 Å². The molecule has 0 rings (SSSR count). The third-order valence-corrected chi connectivity index (χ3v) is 3.74. The minimum Gasteiger partial charge on any atom is -0.309 e. The van der Waals surface area contributed by atoms with E-state index in [9.17, 15) is 0 Å². The van der Waals surface area contributed by atoms with E-state index in [0.717, 1.165) is 0 Å². The van der Waals surface area contributed by atoms with Crippen LogP contribution >= 0.6 is 0 Å². The molecule has 0 bridgehead atoms. The molecule has 0 amide bonds. The first-order valence-electron chi connectivity index (χ1n) is 8.01. The van der Waals surface area contributed by atoms with Gasteiger partial charge in [-0.3, -0.25) is 4.90 Å². The average molecular weight is 271 g/mol. The Bertz CT molecular complexity index is 194. The molecule has 0 aromatic heterocycles. The van der Waals surface area contributed by atoms with Crippen molar-refractivity contribution in [2.45, 2.75) is 59.5 Å². The fraction of sp³-hybridized carbons (Fsp3) is 1.00. The van der Waals surface area contributed by atoms with Crippen LogP contribution in [0.25, 0.3) is 0 Å². The molecule has 0 fully saturated rings. The number of hydrogen-bond donors (Lipinski definition) is 0. The second-order valence-corrected chi connectivity index (χ2v) is 6.37. The quantitative estimate of drug-likeness (QED) is 0.572. The highest BCUT2D eigenvalue weighted by Crippen LogP contribution is 2.06. The SMILES string of the molecule is CCN(CCCN(C)C)CCCN(C(C)C)C(C)C. The van der Waals surface area contributed by atoms with Crippen LogP contribution in [0, 0.1) is 0 Å². The number of nitrogens with zero attached hydrogens (tertiary/aromatic N) is 3. The molecule has 0 saturated heterocycles. The van der Waals surface area contributed by atoms with Gasteiger partial charge in [-0.25, -0.2) is 0 Å². The first kappa shape index (κ1) is 18.9. The summed E-state index contributed by atoms with van der Waals surface area (Å²) < 4.78 is 0. The predicted octanol–water partition coefficient (Wildman–Crippen LogP) is 2.77. The number of hydrogen-bond acceptors (Lipinski definition) is 3. The van der Waals surface area contributed by atoms with E-state index in [1.54, 1.807) is 0 Å². The zero-order valence-electron chi connectivity index (χ0n) is 14.4. The van der Waals surface area contributed by atoms with Crippen LogP contribution in [0.2, 0.25) is 0 Å². The maximum Gasteiger partial charge on any atom is 0.00413 e. The smallest absolute Gasteiger partial charge is 0.00413 e. The Morgan fingerprint density at radius 3 is 1.58 bits per heavy atom. The van der Waals surface area contributed by atoms with Gasteiger partial charge in [-0.1, -0.05) is 6.92 Å². The molecule has 3 heteroatoms. The van der Waals surface area contributed by atoms with Crippen molar-refractivity contribution < 1.29 is 0 Å². The van der Waals surface area contributed by atoms with Gasteiger partial charge in [0.15, 0.2) is 0 Å². The lowest BCUT2D eigenvalue weighted by Gasteiger charge is -2.31. The summed E-state index contributed by atoms with van der Waals surface area (Å²) in [5.41, 5.74) is 0. The zero-order chi connectivity index (χ0) is 14.8. The van der Waals surface area contributed by atoms with Crippen molar-refractivity contribution in [1.82, 2.24) is 14.7 Å². The van der Waals surface area contributed by atoms with E-state index in [-0.39, 0.29) is 0 Å². The van der Waals surface area contributed by atoms with Gasteiger partial charge in [-0.05, 0) is 87.4 Å². The maximum atomic E-state index is 2.59. The molecule has 0 N–H and O–H groups in total. The van der Waals surface area contributed by atoms with Crippen LogP contribution in [0.3, 0.4) is 0 Å². The van der Waals surface area contributed by atoms with Gasteiger partial charge in [0.1, 0.15) is 0 Å². The number of rotatable bonds is 11. The van der Waals surface area contributed by atoms with Crippen LogP contribution < -0.4 is 0 Å². The minimum absolute atomic E-state index is 0.656. The van der Waals surface area contributed by atoms with Gasteiger partial charge in [0.2, 0.25) is 0 Å². The summed E-state index contributed by atoms with van der Waals surface area (Å²) in [6, 6.07) is 1.31. The summed E-state index contributed by atoms with van der Waals surface area (Å²) in [7, 11) is 4.30. The molecule has 0 heterocycles. The van der Waals surface area contributed by atoms with Crippen LogP contribution in [0.5, 0.6) is 0 Å². The van der Waals surface area contributed by atoms with Gasteiger partial charge in [0.05, 0.1) is 0 Å². The van der Waals surface area contributed by atoms with E-state index in [1.807, 2.05) is 0 Å². The molecule has 0 saturated carbocycles. The topological polar surface area (TPSA) is 9.72 Å². The van der Waals surface area contributed by atoms with Gasteiger partial charge in [0, 0.05) is 12.1 Å². The molecule has 0 aliphatic heterocycles. The van der Waals surface area contributed by atoms with Gasteiger partial charge < -0.3 is 9.80 Å². The Balaban J connectivity index is 3.87. The summed E-state index contributed by atoms with van der Waals surface area (Å²) in [6.07, 6.45) is 2.56. The molecule has 0 spiro atoms. The summed E-state index contributed by atoms with van der Waals surface area (Å²) in [6.45, 7) is 17.5. The van der Waals surface area contributed by atoms with E-state index in [4.69, 9.17) is 0 Å². The molecule has 0 radical (unpaired) electrons. The van der Waals surface area contributed by atoms with E-state index in [1.165, 1.54) is 45.6 Å². The van der Waals surface area contributed by atoms with E-state index in [2.05, 4.69) is 63.4 Å². The highest BCUT2D eigenvalue weighted by atomic mass is 15.2. The molecule has 116 valence electrons. The fourth-order valence-electron chi connectivity index (χ4n) is 2.63. The van der Waals surface area contributed by atoms with Crippen molar-refractivity contribution in [2.75, 3.05) is 46.8 Å². The Morgan fingerprint density at radius 2 is 1.21 bits per heavy atom. The summed E-state index contributed by atoms with van der Waals surface area (Å²) in [4.78, 5) is 7.45. The third-order valence-electron chi connectivity index (χ3n) is 3.74. The van der Waals surface area contributed by atoms with E-state index in [0.29, 0.717) is 12.1 Å². The van der Waals surface area contributed by atoms with Gasteiger partial charge in [-0.2, -0.15) is 0 Å². The molecule has 0 atom stereocenters. The zero-order valence-corrected chi connectivity index (χ0v) is 14.4. The first-order chi connectivity index (χ1) is 8.88. The van der Waals surface area contributed by atoms with Crippen molar-refractivity contribution in [3.8, 4) is 0 Å². The van der Waals surface area contributed by atoms with Gasteiger partial charge >= 0.3 is 0 Å². The van der Waals surface area contributed by atoms with Crippen LogP contribution in [-0.4, -0.2) is 73.6 Å². The van der Waals surface area contributed by atoms with Gasteiger partial charge in [-0.15, -0.1) is 0 Å². The standard InChI is InChI=1S/C16H37N3/c1-8-18(12-9-11-17(6)7)13-10-14-19(15(2)3)16(4)5/h15-16H,8-14H2,1-7H3. The molecule has 0 aliphatic carbocycles. The highest BCUT2D eigenvalue weighted by molar-refractivity contribution is 4.68. The fourth-order valence-corrected chi connectivity index (χ4v) is 2.63. The molecule has 0 unspecified atom stereocenters. The predicted molar refractivity (Wildman–Crippen MR) is 86.9 cm³/mol. The Hall–Kier alpha value is -0.120. The molecule has 19 heavy (non-hydrogen) atoms. The Kier molecular flexibility index (Phi) is 10.6. The molecule has 3 nitrogen and oxygen atoms in total. The third kappa shape index (κ3) is 9.42. The molecule has 0 aromatic rings. The van der Waals surface area contributed by atoms with Crippen molar-refractivity contribution in [2.24, 2.45) is 0 Å². The Labute approximate surface area is 121 Å². The first-order valence-corrected chi connectivity index (χ1v) is 8.01. The highest BCUT2D eigenvalue weighted by Gasteiger charge is 2.13. The lowest BCUT2D eigenvalue weighted by molar-refractivity contribution is 0.160. The van der Waals surface area contributed by atoms with Crippen molar-refractivity contribution in [3.63, 3.8) is 0 Å².